The van der Waals surface area contributed by atoms with Crippen molar-refractivity contribution in [2.24, 2.45) is 0 Å². The molecule has 0 aromatic carbocycles. The maximum Gasteiger partial charge on any atom is 0.108 e. The molecule has 3 unspecified atom stereocenters. The lowest BCUT2D eigenvalue weighted by Crippen LogP contribution is -2.53. The Labute approximate surface area is 67.0 Å². The molecular formula is C8H16O3. The molecule has 0 spiro atoms. The van der Waals surface area contributed by atoms with Crippen LogP contribution in [0.15, 0.2) is 0 Å². The molecule has 0 aromatic rings. The summed E-state index contributed by atoms with van der Waals surface area (Å²) >= 11 is 0. The predicted octanol–water partition coefficient (Wildman–Crippen LogP) is 0.296. The lowest BCUT2D eigenvalue weighted by Gasteiger charge is -2.41. The molecule has 1 heterocycles. The van der Waals surface area contributed by atoms with Crippen molar-refractivity contribution in [3.05, 3.63) is 0 Å². The highest BCUT2D eigenvalue weighted by molar-refractivity contribution is 4.91. The van der Waals surface area contributed by atoms with Crippen molar-refractivity contribution in [2.45, 2.75) is 51.1 Å². The maximum atomic E-state index is 9.65. The van der Waals surface area contributed by atoms with Crippen LogP contribution in [0.2, 0.25) is 0 Å². The second-order valence-corrected chi connectivity index (χ2v) is 3.66. The highest BCUT2D eigenvalue weighted by Gasteiger charge is 2.41. The summed E-state index contributed by atoms with van der Waals surface area (Å²) in [6, 6.07) is 0. The number of aliphatic hydroxyl groups excluding tert-OH is 1. The van der Waals surface area contributed by atoms with Gasteiger partial charge in [-0.3, -0.25) is 0 Å². The highest BCUT2D eigenvalue weighted by Crippen LogP contribution is 2.28. The Morgan fingerprint density at radius 2 is 2.00 bits per heavy atom. The van der Waals surface area contributed by atoms with Gasteiger partial charge in [0.2, 0.25) is 0 Å². The second kappa shape index (κ2) is 2.73. The molecule has 11 heavy (non-hydrogen) atoms. The Bertz CT molecular complexity index is 144. The van der Waals surface area contributed by atoms with Gasteiger partial charge in [-0.1, -0.05) is 0 Å². The molecule has 0 aliphatic carbocycles. The summed E-state index contributed by atoms with van der Waals surface area (Å²) in [5.41, 5.74) is -0.989. The number of hydrogen-bond donors (Lipinski definition) is 2. The minimum atomic E-state index is -0.989. The first-order chi connectivity index (χ1) is 4.93. The third-order valence-electron chi connectivity index (χ3n) is 2.23. The standard InChI is InChI=1S/C8H16O3/c1-5-4-8(3,10)7(9)6(2)11-5/h5-7,9-10H,4H2,1-3H3/t5?,6?,7?,8-/m1/s1. The van der Waals surface area contributed by atoms with Crippen LogP contribution in [0.1, 0.15) is 27.2 Å². The summed E-state index contributed by atoms with van der Waals surface area (Å²) in [5.74, 6) is 0. The van der Waals surface area contributed by atoms with Crippen molar-refractivity contribution in [1.29, 1.82) is 0 Å². The van der Waals surface area contributed by atoms with Gasteiger partial charge in [-0.25, -0.2) is 0 Å². The van der Waals surface area contributed by atoms with E-state index in [9.17, 15) is 10.2 Å². The zero-order chi connectivity index (χ0) is 8.65. The van der Waals surface area contributed by atoms with Crippen molar-refractivity contribution >= 4 is 0 Å². The van der Waals surface area contributed by atoms with Crippen LogP contribution in [-0.4, -0.2) is 34.1 Å². The zero-order valence-electron chi connectivity index (χ0n) is 7.24. The number of ether oxygens (including phenoxy) is 1. The first-order valence-electron chi connectivity index (χ1n) is 3.99. The third kappa shape index (κ3) is 1.72. The van der Waals surface area contributed by atoms with Crippen molar-refractivity contribution in [1.82, 2.24) is 0 Å². The molecule has 1 fully saturated rings. The van der Waals surface area contributed by atoms with Gasteiger partial charge in [0.05, 0.1) is 17.8 Å². The summed E-state index contributed by atoms with van der Waals surface area (Å²) < 4.78 is 5.32. The first-order valence-corrected chi connectivity index (χ1v) is 3.99. The average molecular weight is 160 g/mol. The van der Waals surface area contributed by atoms with Gasteiger partial charge in [0.25, 0.3) is 0 Å². The van der Waals surface area contributed by atoms with Gasteiger partial charge < -0.3 is 14.9 Å². The topological polar surface area (TPSA) is 49.7 Å². The van der Waals surface area contributed by atoms with Gasteiger partial charge in [-0.05, 0) is 20.8 Å². The van der Waals surface area contributed by atoms with E-state index in [2.05, 4.69) is 0 Å². The molecular weight excluding hydrogens is 144 g/mol. The lowest BCUT2D eigenvalue weighted by atomic mass is 9.87. The smallest absolute Gasteiger partial charge is 0.108 e. The van der Waals surface area contributed by atoms with Crippen LogP contribution in [0.5, 0.6) is 0 Å². The Morgan fingerprint density at radius 3 is 2.45 bits per heavy atom. The fourth-order valence-electron chi connectivity index (χ4n) is 1.70. The molecule has 3 nitrogen and oxygen atoms in total. The van der Waals surface area contributed by atoms with Gasteiger partial charge >= 0.3 is 0 Å². The number of hydrogen-bond acceptors (Lipinski definition) is 3. The van der Waals surface area contributed by atoms with Gasteiger partial charge in [-0.2, -0.15) is 0 Å². The SMILES string of the molecule is CC1C[C@@](C)(O)C(O)C(C)O1. The summed E-state index contributed by atoms with van der Waals surface area (Å²) in [6.07, 6.45) is -0.505. The summed E-state index contributed by atoms with van der Waals surface area (Å²) in [6.45, 7) is 5.32. The molecule has 0 radical (unpaired) electrons. The lowest BCUT2D eigenvalue weighted by molar-refractivity contribution is -0.199. The number of aliphatic hydroxyl groups is 2. The van der Waals surface area contributed by atoms with Crippen LogP contribution in [0.4, 0.5) is 0 Å². The minimum Gasteiger partial charge on any atom is -0.387 e. The monoisotopic (exact) mass is 160 g/mol. The molecule has 0 saturated carbocycles. The quantitative estimate of drug-likeness (QED) is 0.535. The largest absolute Gasteiger partial charge is 0.387 e. The molecule has 1 rings (SSSR count). The molecule has 1 aliphatic heterocycles. The molecule has 1 aliphatic rings. The normalized spacial score (nSPS) is 52.6. The predicted molar refractivity (Wildman–Crippen MR) is 41.3 cm³/mol. The Kier molecular flexibility index (Phi) is 2.23. The Hall–Kier alpha value is -0.120. The maximum absolute atomic E-state index is 9.65. The molecule has 3 heteroatoms. The van der Waals surface area contributed by atoms with E-state index >= 15 is 0 Å². The molecule has 1 saturated heterocycles. The summed E-state index contributed by atoms with van der Waals surface area (Å²) in [4.78, 5) is 0. The van der Waals surface area contributed by atoms with Crippen LogP contribution in [0, 0.1) is 0 Å². The van der Waals surface area contributed by atoms with Crippen molar-refractivity contribution in [3.63, 3.8) is 0 Å². The average Bonchev–Trinajstić information content (AvgIpc) is 1.81. The van der Waals surface area contributed by atoms with Crippen molar-refractivity contribution in [3.8, 4) is 0 Å². The van der Waals surface area contributed by atoms with Crippen molar-refractivity contribution < 1.29 is 14.9 Å². The van der Waals surface area contributed by atoms with Crippen LogP contribution < -0.4 is 0 Å². The van der Waals surface area contributed by atoms with Gasteiger partial charge in [0, 0.05) is 6.42 Å². The molecule has 0 bridgehead atoms. The fraction of sp³-hybridized carbons (Fsp3) is 1.00. The van der Waals surface area contributed by atoms with E-state index < -0.39 is 11.7 Å². The molecule has 0 aromatic heterocycles. The third-order valence-corrected chi connectivity index (χ3v) is 2.23. The van der Waals surface area contributed by atoms with E-state index in [0.717, 1.165) is 0 Å². The van der Waals surface area contributed by atoms with E-state index in [1.807, 2.05) is 6.92 Å². The summed E-state index contributed by atoms with van der Waals surface area (Å²) in [5, 5.41) is 19.1. The zero-order valence-corrected chi connectivity index (χ0v) is 7.24. The van der Waals surface area contributed by atoms with Gasteiger partial charge in [0.15, 0.2) is 0 Å². The fourth-order valence-corrected chi connectivity index (χ4v) is 1.70. The van der Waals surface area contributed by atoms with E-state index in [1.54, 1.807) is 13.8 Å². The van der Waals surface area contributed by atoms with E-state index in [0.29, 0.717) is 6.42 Å². The van der Waals surface area contributed by atoms with Gasteiger partial charge in [0.1, 0.15) is 6.10 Å². The van der Waals surface area contributed by atoms with Gasteiger partial charge in [-0.15, -0.1) is 0 Å². The van der Waals surface area contributed by atoms with Crippen molar-refractivity contribution in [2.75, 3.05) is 0 Å². The minimum absolute atomic E-state index is 0.0309. The first kappa shape index (κ1) is 8.97. The van der Waals surface area contributed by atoms with Crippen LogP contribution >= 0.6 is 0 Å². The Morgan fingerprint density at radius 1 is 1.45 bits per heavy atom. The molecule has 4 atom stereocenters. The molecule has 0 amide bonds. The number of rotatable bonds is 0. The van der Waals surface area contributed by atoms with E-state index in [-0.39, 0.29) is 12.2 Å². The van der Waals surface area contributed by atoms with Crippen LogP contribution in [0.3, 0.4) is 0 Å². The van der Waals surface area contributed by atoms with E-state index in [1.165, 1.54) is 0 Å². The van der Waals surface area contributed by atoms with Crippen LogP contribution in [-0.2, 0) is 4.74 Å². The molecule has 66 valence electrons. The second-order valence-electron chi connectivity index (χ2n) is 3.66. The van der Waals surface area contributed by atoms with Crippen LogP contribution in [0.25, 0.3) is 0 Å². The Balaban J connectivity index is 2.67. The highest BCUT2D eigenvalue weighted by atomic mass is 16.5. The van der Waals surface area contributed by atoms with E-state index in [4.69, 9.17) is 4.74 Å². The summed E-state index contributed by atoms with van der Waals surface area (Å²) in [7, 11) is 0. The molecule has 2 N–H and O–H groups in total.